The van der Waals surface area contributed by atoms with E-state index < -0.39 is 0 Å². The number of rotatable bonds is 4. The van der Waals surface area contributed by atoms with Gasteiger partial charge in [0.1, 0.15) is 5.75 Å². The molecule has 0 amide bonds. The zero-order valence-electron chi connectivity index (χ0n) is 13.6. The lowest BCUT2D eigenvalue weighted by Crippen LogP contribution is -2.49. The van der Waals surface area contributed by atoms with Crippen molar-refractivity contribution in [1.29, 1.82) is 0 Å². The third kappa shape index (κ3) is 2.69. The molecule has 0 saturated carbocycles. The fourth-order valence-electron chi connectivity index (χ4n) is 4.28. The minimum Gasteiger partial charge on any atom is -0.497 e. The average molecular weight is 288 g/mol. The van der Waals surface area contributed by atoms with Gasteiger partial charge >= 0.3 is 0 Å². The maximum Gasteiger partial charge on any atom is 0.119 e. The van der Waals surface area contributed by atoms with E-state index in [4.69, 9.17) is 4.74 Å². The summed E-state index contributed by atoms with van der Waals surface area (Å²) >= 11 is 0. The van der Waals surface area contributed by atoms with E-state index in [0.29, 0.717) is 12.1 Å². The van der Waals surface area contributed by atoms with Crippen LogP contribution < -0.4 is 10.1 Å². The first-order valence-corrected chi connectivity index (χ1v) is 8.38. The lowest BCUT2D eigenvalue weighted by molar-refractivity contribution is 0.0773. The number of likely N-dealkylation sites (tertiary alicyclic amines) is 1. The Kier molecular flexibility index (Phi) is 4.51. The summed E-state index contributed by atoms with van der Waals surface area (Å²) in [5.74, 6) is 0.973. The van der Waals surface area contributed by atoms with E-state index in [9.17, 15) is 0 Å². The number of methoxy groups -OCH3 is 1. The summed E-state index contributed by atoms with van der Waals surface area (Å²) in [7, 11) is 3.84. The summed E-state index contributed by atoms with van der Waals surface area (Å²) in [4.78, 5) is 2.77. The van der Waals surface area contributed by atoms with E-state index in [2.05, 4.69) is 42.4 Å². The van der Waals surface area contributed by atoms with Gasteiger partial charge in [-0.1, -0.05) is 19.4 Å². The van der Waals surface area contributed by atoms with Crippen molar-refractivity contribution in [3.8, 4) is 5.75 Å². The van der Waals surface area contributed by atoms with Crippen molar-refractivity contribution in [3.63, 3.8) is 0 Å². The third-order valence-corrected chi connectivity index (χ3v) is 5.38. The first-order valence-electron chi connectivity index (χ1n) is 8.38. The molecule has 3 nitrogen and oxygen atoms in total. The smallest absolute Gasteiger partial charge is 0.119 e. The molecule has 0 spiro atoms. The largest absolute Gasteiger partial charge is 0.497 e. The fraction of sp³-hybridized carbons (Fsp3) is 0.667. The van der Waals surface area contributed by atoms with E-state index in [0.717, 1.165) is 11.8 Å². The zero-order valence-corrected chi connectivity index (χ0v) is 13.6. The molecule has 0 radical (unpaired) electrons. The van der Waals surface area contributed by atoms with Gasteiger partial charge in [0.2, 0.25) is 0 Å². The van der Waals surface area contributed by atoms with Gasteiger partial charge in [-0.25, -0.2) is 0 Å². The number of likely N-dealkylation sites (N-methyl/N-ethyl adjacent to an activating group) is 1. The van der Waals surface area contributed by atoms with Crippen LogP contribution in [0.5, 0.6) is 5.75 Å². The first kappa shape index (κ1) is 14.9. The molecular weight excluding hydrogens is 260 g/mol. The summed E-state index contributed by atoms with van der Waals surface area (Å²) in [6.07, 6.45) is 6.55. The number of nitrogens with zero attached hydrogens (tertiary/aromatic N) is 1. The van der Waals surface area contributed by atoms with E-state index in [1.54, 1.807) is 7.11 Å². The van der Waals surface area contributed by atoms with Crippen LogP contribution in [0.3, 0.4) is 0 Å². The molecule has 0 aromatic heterocycles. The Morgan fingerprint density at radius 3 is 2.90 bits per heavy atom. The molecule has 0 bridgehead atoms. The van der Waals surface area contributed by atoms with Crippen LogP contribution in [0.25, 0.3) is 0 Å². The van der Waals surface area contributed by atoms with Crippen molar-refractivity contribution in [2.24, 2.45) is 0 Å². The SMILES string of the molecule is CCC1CCCCN1C1Cc2ccc(OC)cc2C1NC. The number of fused-ring (bicyclic) bond motifs is 1. The number of benzene rings is 1. The molecule has 1 aromatic rings. The average Bonchev–Trinajstić information content (AvgIpc) is 2.91. The van der Waals surface area contributed by atoms with Gasteiger partial charge in [0.25, 0.3) is 0 Å². The highest BCUT2D eigenvalue weighted by Gasteiger charge is 2.38. The zero-order chi connectivity index (χ0) is 14.8. The van der Waals surface area contributed by atoms with Gasteiger partial charge in [-0.3, -0.25) is 4.90 Å². The van der Waals surface area contributed by atoms with Crippen molar-refractivity contribution in [2.75, 3.05) is 20.7 Å². The highest BCUT2D eigenvalue weighted by Crippen LogP contribution is 2.39. The number of nitrogens with one attached hydrogen (secondary N) is 1. The van der Waals surface area contributed by atoms with Gasteiger partial charge < -0.3 is 10.1 Å². The van der Waals surface area contributed by atoms with Crippen LogP contribution in [-0.4, -0.2) is 37.7 Å². The van der Waals surface area contributed by atoms with Gasteiger partial charge in [0.15, 0.2) is 0 Å². The van der Waals surface area contributed by atoms with Gasteiger partial charge in [-0.15, -0.1) is 0 Å². The van der Waals surface area contributed by atoms with E-state index in [1.165, 1.54) is 49.8 Å². The Morgan fingerprint density at radius 1 is 1.33 bits per heavy atom. The first-order chi connectivity index (χ1) is 10.3. The molecule has 3 rings (SSSR count). The number of ether oxygens (including phenoxy) is 1. The van der Waals surface area contributed by atoms with Crippen LogP contribution in [-0.2, 0) is 6.42 Å². The number of piperidine rings is 1. The van der Waals surface area contributed by atoms with Gasteiger partial charge in [0.05, 0.1) is 7.11 Å². The third-order valence-electron chi connectivity index (χ3n) is 5.38. The van der Waals surface area contributed by atoms with Gasteiger partial charge in [-0.05, 0) is 62.5 Å². The second kappa shape index (κ2) is 6.37. The molecule has 116 valence electrons. The second-order valence-electron chi connectivity index (χ2n) is 6.40. The van der Waals surface area contributed by atoms with Crippen molar-refractivity contribution in [1.82, 2.24) is 10.2 Å². The van der Waals surface area contributed by atoms with Crippen molar-refractivity contribution < 1.29 is 4.74 Å². The molecule has 21 heavy (non-hydrogen) atoms. The summed E-state index contributed by atoms with van der Waals surface area (Å²) in [6.45, 7) is 3.59. The van der Waals surface area contributed by atoms with Crippen molar-refractivity contribution in [3.05, 3.63) is 29.3 Å². The molecule has 1 aliphatic heterocycles. The Bertz CT molecular complexity index is 488. The topological polar surface area (TPSA) is 24.5 Å². The number of hydrogen-bond donors (Lipinski definition) is 1. The normalized spacial score (nSPS) is 29.4. The number of hydrogen-bond acceptors (Lipinski definition) is 3. The predicted octanol–water partition coefficient (Wildman–Crippen LogP) is 3.14. The summed E-state index contributed by atoms with van der Waals surface area (Å²) in [6, 6.07) is 8.37. The Hall–Kier alpha value is -1.06. The molecule has 1 aromatic carbocycles. The maximum atomic E-state index is 5.41. The van der Waals surface area contributed by atoms with E-state index in [-0.39, 0.29) is 0 Å². The van der Waals surface area contributed by atoms with Crippen LogP contribution >= 0.6 is 0 Å². The fourth-order valence-corrected chi connectivity index (χ4v) is 4.28. The summed E-state index contributed by atoms with van der Waals surface area (Å²) in [5.41, 5.74) is 2.92. The molecule has 3 unspecified atom stereocenters. The lowest BCUT2D eigenvalue weighted by atomic mass is 9.95. The van der Waals surface area contributed by atoms with Crippen LogP contribution in [0.15, 0.2) is 18.2 Å². The van der Waals surface area contributed by atoms with Crippen LogP contribution in [0, 0.1) is 0 Å². The lowest BCUT2D eigenvalue weighted by Gasteiger charge is -2.42. The molecule has 2 aliphatic rings. The monoisotopic (exact) mass is 288 g/mol. The molecule has 1 heterocycles. The minimum absolute atomic E-state index is 0.433. The van der Waals surface area contributed by atoms with Crippen LogP contribution in [0.1, 0.15) is 49.8 Å². The highest BCUT2D eigenvalue weighted by molar-refractivity contribution is 5.43. The Labute approximate surface area is 128 Å². The van der Waals surface area contributed by atoms with E-state index >= 15 is 0 Å². The van der Waals surface area contributed by atoms with Crippen molar-refractivity contribution >= 4 is 0 Å². The highest BCUT2D eigenvalue weighted by atomic mass is 16.5. The van der Waals surface area contributed by atoms with Crippen molar-refractivity contribution in [2.45, 2.75) is 57.2 Å². The predicted molar refractivity (Wildman–Crippen MR) is 86.9 cm³/mol. The van der Waals surface area contributed by atoms with E-state index in [1.807, 2.05) is 0 Å². The molecular formula is C18H28N2O. The maximum absolute atomic E-state index is 5.41. The summed E-state index contributed by atoms with van der Waals surface area (Å²) < 4.78 is 5.41. The molecule has 1 N–H and O–H groups in total. The van der Waals surface area contributed by atoms with Gasteiger partial charge in [-0.2, -0.15) is 0 Å². The van der Waals surface area contributed by atoms with Gasteiger partial charge in [0, 0.05) is 18.1 Å². The van der Waals surface area contributed by atoms with Crippen LogP contribution in [0.4, 0.5) is 0 Å². The molecule has 1 saturated heterocycles. The minimum atomic E-state index is 0.433. The molecule has 1 fully saturated rings. The standard InChI is InChI=1S/C18H28N2O/c1-4-14-7-5-6-10-20(14)17-11-13-8-9-15(21-3)12-16(13)18(17)19-2/h8-9,12,14,17-19H,4-7,10-11H2,1-3H3. The Balaban J connectivity index is 1.87. The second-order valence-corrected chi connectivity index (χ2v) is 6.40. The molecule has 1 aliphatic carbocycles. The molecule has 3 heteroatoms. The summed E-state index contributed by atoms with van der Waals surface area (Å²) in [5, 5.41) is 3.57. The Morgan fingerprint density at radius 2 is 2.19 bits per heavy atom. The molecule has 3 atom stereocenters. The quantitative estimate of drug-likeness (QED) is 0.921. The van der Waals surface area contributed by atoms with Crippen LogP contribution in [0.2, 0.25) is 0 Å².